The smallest absolute Gasteiger partial charge is 0.255 e. The maximum absolute atomic E-state index is 12.4. The van der Waals surface area contributed by atoms with E-state index in [0.29, 0.717) is 43.4 Å². The summed E-state index contributed by atoms with van der Waals surface area (Å²) in [6.07, 6.45) is 1.87. The van der Waals surface area contributed by atoms with E-state index in [-0.39, 0.29) is 11.3 Å². The molecule has 3 N–H and O–H groups in total. The third-order valence-corrected chi connectivity index (χ3v) is 4.37. The van der Waals surface area contributed by atoms with Gasteiger partial charge in [0.2, 0.25) is 0 Å². The number of carbonyl (C=O) groups excluding carboxylic acids is 1. The summed E-state index contributed by atoms with van der Waals surface area (Å²) in [4.78, 5) is 12.4. The fraction of sp³-hybridized carbons (Fsp3) is 0.562. The summed E-state index contributed by atoms with van der Waals surface area (Å²) >= 11 is 0. The number of fused-ring (bicyclic) bond motifs is 1. The van der Waals surface area contributed by atoms with Gasteiger partial charge in [0.15, 0.2) is 11.5 Å². The molecule has 0 bridgehead atoms. The van der Waals surface area contributed by atoms with Gasteiger partial charge < -0.3 is 20.5 Å². The lowest BCUT2D eigenvalue weighted by molar-refractivity contribution is 0.0917. The molecule has 0 atom stereocenters. The van der Waals surface area contributed by atoms with Crippen LogP contribution in [0, 0.1) is 5.41 Å². The molecule has 0 spiro atoms. The maximum atomic E-state index is 12.4. The molecule has 5 heteroatoms. The highest BCUT2D eigenvalue weighted by Crippen LogP contribution is 2.33. The molecule has 0 radical (unpaired) electrons. The summed E-state index contributed by atoms with van der Waals surface area (Å²) in [5.41, 5.74) is 6.35. The van der Waals surface area contributed by atoms with Crippen molar-refractivity contribution in [1.29, 1.82) is 0 Å². The summed E-state index contributed by atoms with van der Waals surface area (Å²) in [6.45, 7) is 6.31. The lowest BCUT2D eigenvalue weighted by Gasteiger charge is -2.30. The van der Waals surface area contributed by atoms with Crippen LogP contribution < -0.4 is 20.5 Å². The second kappa shape index (κ2) is 6.80. The number of ether oxygens (including phenoxy) is 2. The van der Waals surface area contributed by atoms with Gasteiger partial charge in [0, 0.05) is 6.54 Å². The molecule has 1 aromatic rings. The highest BCUT2D eigenvalue weighted by molar-refractivity contribution is 5.97. The molecule has 0 unspecified atom stereocenters. The number of benzene rings is 1. The summed E-state index contributed by atoms with van der Waals surface area (Å²) in [7, 11) is 0. The van der Waals surface area contributed by atoms with E-state index in [0.717, 1.165) is 12.8 Å². The van der Waals surface area contributed by atoms with Gasteiger partial charge >= 0.3 is 0 Å². The largest absolute Gasteiger partial charge is 0.486 e. The van der Waals surface area contributed by atoms with E-state index in [9.17, 15) is 4.79 Å². The molecule has 1 aliphatic rings. The second-order valence-electron chi connectivity index (χ2n) is 5.42. The van der Waals surface area contributed by atoms with Crippen molar-refractivity contribution in [1.82, 2.24) is 5.32 Å². The Bertz CT molecular complexity index is 490. The number of hydrogen-bond donors (Lipinski definition) is 2. The molecule has 5 nitrogen and oxygen atoms in total. The number of rotatable bonds is 6. The molecule has 116 valence electrons. The first-order chi connectivity index (χ1) is 10.2. The van der Waals surface area contributed by atoms with Crippen molar-refractivity contribution in [2.24, 2.45) is 11.1 Å². The Kier molecular flexibility index (Phi) is 5.07. The van der Waals surface area contributed by atoms with Crippen LogP contribution in [-0.2, 0) is 0 Å². The van der Waals surface area contributed by atoms with Crippen molar-refractivity contribution in [2.75, 3.05) is 26.3 Å². The summed E-state index contributed by atoms with van der Waals surface area (Å²) in [6, 6.07) is 5.37. The van der Waals surface area contributed by atoms with Crippen LogP contribution in [0.4, 0.5) is 0 Å². The molecule has 0 fully saturated rings. The number of hydrogen-bond acceptors (Lipinski definition) is 4. The van der Waals surface area contributed by atoms with Crippen LogP contribution in [0.1, 0.15) is 37.0 Å². The SMILES string of the molecule is CCC(CC)(CN)CNC(=O)c1cccc2c1OCCO2. The highest BCUT2D eigenvalue weighted by Gasteiger charge is 2.26. The van der Waals surface area contributed by atoms with Crippen LogP contribution in [0.15, 0.2) is 18.2 Å². The molecule has 1 amide bonds. The predicted molar refractivity (Wildman–Crippen MR) is 81.8 cm³/mol. The standard InChI is InChI=1S/C16H24N2O3/c1-3-16(4-2,10-17)11-18-15(19)12-6-5-7-13-14(12)21-9-8-20-13/h5-7H,3-4,8-11,17H2,1-2H3,(H,18,19). The van der Waals surface area contributed by atoms with Crippen molar-refractivity contribution >= 4 is 5.91 Å². The van der Waals surface area contributed by atoms with Crippen molar-refractivity contribution in [2.45, 2.75) is 26.7 Å². The molecule has 1 aliphatic heterocycles. The van der Waals surface area contributed by atoms with Gasteiger partial charge in [-0.25, -0.2) is 0 Å². The van der Waals surface area contributed by atoms with Crippen molar-refractivity contribution < 1.29 is 14.3 Å². The highest BCUT2D eigenvalue weighted by atomic mass is 16.6. The van der Waals surface area contributed by atoms with Crippen molar-refractivity contribution in [3.63, 3.8) is 0 Å². The second-order valence-corrected chi connectivity index (χ2v) is 5.42. The van der Waals surface area contributed by atoms with E-state index in [1.165, 1.54) is 0 Å². The zero-order valence-corrected chi connectivity index (χ0v) is 12.8. The molecule has 1 heterocycles. The van der Waals surface area contributed by atoms with Crippen LogP contribution in [-0.4, -0.2) is 32.2 Å². The van der Waals surface area contributed by atoms with Crippen LogP contribution >= 0.6 is 0 Å². The first-order valence-corrected chi connectivity index (χ1v) is 7.52. The zero-order valence-electron chi connectivity index (χ0n) is 12.8. The molecular formula is C16H24N2O3. The molecule has 0 saturated carbocycles. The van der Waals surface area contributed by atoms with Crippen LogP contribution in [0.2, 0.25) is 0 Å². The third kappa shape index (κ3) is 3.29. The average molecular weight is 292 g/mol. The molecular weight excluding hydrogens is 268 g/mol. The Labute approximate surface area is 125 Å². The lowest BCUT2D eigenvalue weighted by Crippen LogP contribution is -2.42. The number of para-hydroxylation sites is 1. The molecule has 2 rings (SSSR count). The first-order valence-electron chi connectivity index (χ1n) is 7.52. The maximum Gasteiger partial charge on any atom is 0.255 e. The number of carbonyl (C=O) groups is 1. The minimum Gasteiger partial charge on any atom is -0.486 e. The number of nitrogens with one attached hydrogen (secondary N) is 1. The van der Waals surface area contributed by atoms with Crippen molar-refractivity contribution in [3.8, 4) is 11.5 Å². The van der Waals surface area contributed by atoms with E-state index in [2.05, 4.69) is 19.2 Å². The molecule has 21 heavy (non-hydrogen) atoms. The van der Waals surface area contributed by atoms with Gasteiger partial charge in [-0.1, -0.05) is 19.9 Å². The third-order valence-electron chi connectivity index (χ3n) is 4.37. The van der Waals surface area contributed by atoms with Gasteiger partial charge in [0.25, 0.3) is 5.91 Å². The minimum absolute atomic E-state index is 0.0398. The Morgan fingerprint density at radius 1 is 1.29 bits per heavy atom. The molecule has 0 aliphatic carbocycles. The van der Waals surface area contributed by atoms with E-state index in [1.54, 1.807) is 12.1 Å². The summed E-state index contributed by atoms with van der Waals surface area (Å²) in [5.74, 6) is 1.02. The summed E-state index contributed by atoms with van der Waals surface area (Å²) in [5, 5.41) is 2.99. The fourth-order valence-electron chi connectivity index (χ4n) is 2.48. The Morgan fingerprint density at radius 2 is 2.00 bits per heavy atom. The molecule has 0 saturated heterocycles. The van der Waals surface area contributed by atoms with Gasteiger partial charge in [-0.15, -0.1) is 0 Å². The quantitative estimate of drug-likeness (QED) is 0.840. The van der Waals surface area contributed by atoms with Gasteiger partial charge in [0.1, 0.15) is 13.2 Å². The van der Waals surface area contributed by atoms with Gasteiger partial charge in [-0.2, -0.15) is 0 Å². The van der Waals surface area contributed by atoms with Crippen LogP contribution in [0.5, 0.6) is 11.5 Å². The van der Waals surface area contributed by atoms with Gasteiger partial charge in [-0.05, 0) is 36.9 Å². The zero-order chi connectivity index (χ0) is 15.3. The van der Waals surface area contributed by atoms with Crippen LogP contribution in [0.3, 0.4) is 0 Å². The van der Waals surface area contributed by atoms with E-state index < -0.39 is 0 Å². The van der Waals surface area contributed by atoms with E-state index >= 15 is 0 Å². The Balaban J connectivity index is 2.11. The van der Waals surface area contributed by atoms with Gasteiger partial charge in [-0.3, -0.25) is 4.79 Å². The number of nitrogens with two attached hydrogens (primary N) is 1. The van der Waals surface area contributed by atoms with Crippen molar-refractivity contribution in [3.05, 3.63) is 23.8 Å². The summed E-state index contributed by atoms with van der Waals surface area (Å²) < 4.78 is 11.1. The molecule has 1 aromatic carbocycles. The Morgan fingerprint density at radius 3 is 2.67 bits per heavy atom. The predicted octanol–water partition coefficient (Wildman–Crippen LogP) is 1.95. The molecule has 0 aromatic heterocycles. The number of amides is 1. The minimum atomic E-state index is -0.142. The normalized spacial score (nSPS) is 13.9. The lowest BCUT2D eigenvalue weighted by atomic mass is 9.82. The average Bonchev–Trinajstić information content (AvgIpc) is 2.56. The van der Waals surface area contributed by atoms with Crippen LogP contribution in [0.25, 0.3) is 0 Å². The first kappa shape index (κ1) is 15.6. The van der Waals surface area contributed by atoms with Gasteiger partial charge in [0.05, 0.1) is 5.56 Å². The van der Waals surface area contributed by atoms with E-state index in [4.69, 9.17) is 15.2 Å². The topological polar surface area (TPSA) is 73.6 Å². The van der Waals surface area contributed by atoms with E-state index in [1.807, 2.05) is 6.07 Å². The fourth-order valence-corrected chi connectivity index (χ4v) is 2.48. The Hall–Kier alpha value is -1.75. The monoisotopic (exact) mass is 292 g/mol.